The highest BCUT2D eigenvalue weighted by Gasteiger charge is 2.27. The average Bonchev–Trinajstić information content (AvgIpc) is 3.04. The van der Waals surface area contributed by atoms with Crippen LogP contribution in [0.1, 0.15) is 161 Å². The summed E-state index contributed by atoms with van der Waals surface area (Å²) in [6.45, 7) is 2.07. The van der Waals surface area contributed by atoms with E-state index in [-0.39, 0.29) is 32.0 Å². The Morgan fingerprint density at radius 1 is 0.592 bits per heavy atom. The van der Waals surface area contributed by atoms with Crippen molar-refractivity contribution in [2.45, 2.75) is 167 Å². The van der Waals surface area contributed by atoms with Crippen molar-refractivity contribution in [3.63, 3.8) is 0 Å². The number of methoxy groups -OCH3 is 1. The number of nitrogens with zero attached hydrogens (tertiary/aromatic N) is 1. The topological polar surface area (TPSA) is 135 Å². The zero-order valence-electron chi connectivity index (χ0n) is 31.9. The van der Waals surface area contributed by atoms with E-state index >= 15 is 0 Å². The molecule has 0 aliphatic heterocycles. The summed E-state index contributed by atoms with van der Waals surface area (Å²) in [5.41, 5.74) is 0. The first-order valence-electron chi connectivity index (χ1n) is 19.2. The lowest BCUT2D eigenvalue weighted by atomic mass is 10.0. The molecule has 12 heteroatoms. The average molecular weight is 723 g/mol. The molecule has 1 N–H and O–H groups in total. The van der Waals surface area contributed by atoms with Gasteiger partial charge in [0.1, 0.15) is 19.8 Å². The van der Waals surface area contributed by atoms with Gasteiger partial charge in [-0.1, -0.05) is 122 Å². The quantitative estimate of drug-likeness (QED) is 0.0222. The number of ether oxygens (including phenoxy) is 3. The third kappa shape index (κ3) is 34.7. The molecule has 0 heterocycles. The molecular weight excluding hydrogens is 649 g/mol. The molecule has 0 aliphatic carbocycles. The Kier molecular flexibility index (Phi) is 30.3. The number of unbranched alkanes of at least 4 members (excludes halogenated alkanes) is 19. The molecule has 49 heavy (non-hydrogen) atoms. The van der Waals surface area contributed by atoms with Gasteiger partial charge in [0.25, 0.3) is 0 Å². The van der Waals surface area contributed by atoms with E-state index in [1.807, 2.05) is 21.1 Å². The SMILES string of the molecule is CCCCCCCCCCCCCCCCCC(=O)OC[C@H](COP(=O)(O)OCC[N+](C)(C)C)OC(=O)CCCCCCCCC(=O)OC. The number of likely N-dealkylation sites (N-methyl/N-ethyl adjacent to an activating group) is 1. The van der Waals surface area contributed by atoms with E-state index in [1.165, 1.54) is 84.2 Å². The van der Waals surface area contributed by atoms with Gasteiger partial charge in [-0.05, 0) is 19.3 Å². The van der Waals surface area contributed by atoms with Gasteiger partial charge in [-0.2, -0.15) is 0 Å². The van der Waals surface area contributed by atoms with Gasteiger partial charge in [0.2, 0.25) is 0 Å². The lowest BCUT2D eigenvalue weighted by Crippen LogP contribution is -2.37. The fraction of sp³-hybridized carbons (Fsp3) is 0.919. The molecule has 0 radical (unpaired) electrons. The van der Waals surface area contributed by atoms with Crippen LogP contribution in [0.3, 0.4) is 0 Å². The van der Waals surface area contributed by atoms with E-state index in [4.69, 9.17) is 18.5 Å². The summed E-state index contributed by atoms with van der Waals surface area (Å²) in [5.74, 6) is -1.09. The van der Waals surface area contributed by atoms with Gasteiger partial charge in [-0.25, -0.2) is 4.57 Å². The molecule has 0 spiro atoms. The van der Waals surface area contributed by atoms with Gasteiger partial charge < -0.3 is 23.6 Å². The fourth-order valence-electron chi connectivity index (χ4n) is 5.25. The van der Waals surface area contributed by atoms with Crippen LogP contribution in [0.25, 0.3) is 0 Å². The van der Waals surface area contributed by atoms with E-state index in [9.17, 15) is 23.8 Å². The summed E-state index contributed by atoms with van der Waals surface area (Å²) >= 11 is 0. The third-order valence-electron chi connectivity index (χ3n) is 8.39. The van der Waals surface area contributed by atoms with Crippen LogP contribution in [0.5, 0.6) is 0 Å². The van der Waals surface area contributed by atoms with E-state index in [0.29, 0.717) is 23.9 Å². The van der Waals surface area contributed by atoms with Crippen molar-refractivity contribution in [2.24, 2.45) is 0 Å². The Bertz CT molecular complexity index is 880. The van der Waals surface area contributed by atoms with Crippen LogP contribution in [0.4, 0.5) is 0 Å². The van der Waals surface area contributed by atoms with Crippen LogP contribution in [0.2, 0.25) is 0 Å². The number of hydrogen-bond donors (Lipinski definition) is 1. The minimum atomic E-state index is -4.39. The maximum atomic E-state index is 12.5. The van der Waals surface area contributed by atoms with Gasteiger partial charge in [-0.3, -0.25) is 23.4 Å². The van der Waals surface area contributed by atoms with Crippen LogP contribution in [-0.4, -0.2) is 88.0 Å². The highest BCUT2D eigenvalue weighted by atomic mass is 31.2. The van der Waals surface area contributed by atoms with Gasteiger partial charge in [0, 0.05) is 19.3 Å². The standard InChI is InChI=1S/C37H72NO10P/c1-6-7-8-9-10-11-12-13-14-15-16-17-18-22-25-28-36(40)45-32-34(33-47-49(42,43)46-31-30-38(2,3)4)48-37(41)29-26-23-20-19-21-24-27-35(39)44-5/h34H,6-33H2,1-5H3/p+1/t34-/m1/s1. The summed E-state index contributed by atoms with van der Waals surface area (Å²) in [4.78, 5) is 46.3. The second-order valence-electron chi connectivity index (χ2n) is 14.3. The number of esters is 3. The van der Waals surface area contributed by atoms with Crippen LogP contribution in [0.15, 0.2) is 0 Å². The minimum absolute atomic E-state index is 0.0126. The summed E-state index contributed by atoms with van der Waals surface area (Å²) < 4.78 is 38.6. The lowest BCUT2D eigenvalue weighted by molar-refractivity contribution is -0.870. The Labute approximate surface area is 298 Å². The number of carbonyl (C=O) groups excluding carboxylic acids is 3. The summed E-state index contributed by atoms with van der Waals surface area (Å²) in [5, 5.41) is 0. The zero-order valence-corrected chi connectivity index (χ0v) is 32.8. The van der Waals surface area contributed by atoms with E-state index in [1.54, 1.807) is 0 Å². The molecule has 0 aromatic rings. The molecule has 11 nitrogen and oxygen atoms in total. The number of quaternary nitrogens is 1. The van der Waals surface area contributed by atoms with E-state index in [0.717, 1.165) is 51.4 Å². The number of carbonyl (C=O) groups is 3. The Balaban J connectivity index is 4.37. The highest BCUT2D eigenvalue weighted by molar-refractivity contribution is 7.47. The molecular formula is C37H73NO10P+. The molecule has 2 atom stereocenters. The van der Waals surface area contributed by atoms with Crippen molar-refractivity contribution < 1.29 is 51.6 Å². The molecule has 290 valence electrons. The van der Waals surface area contributed by atoms with Crippen molar-refractivity contribution in [3.8, 4) is 0 Å². The smallest absolute Gasteiger partial charge is 0.469 e. The first-order valence-corrected chi connectivity index (χ1v) is 20.7. The molecule has 1 unspecified atom stereocenters. The Morgan fingerprint density at radius 2 is 1.00 bits per heavy atom. The molecule has 0 aromatic carbocycles. The van der Waals surface area contributed by atoms with Crippen LogP contribution in [-0.2, 0) is 42.2 Å². The first-order chi connectivity index (χ1) is 23.4. The second-order valence-corrected chi connectivity index (χ2v) is 15.8. The van der Waals surface area contributed by atoms with Crippen molar-refractivity contribution in [1.29, 1.82) is 0 Å². The molecule has 0 aromatic heterocycles. The molecule has 0 bridgehead atoms. The van der Waals surface area contributed by atoms with Gasteiger partial charge >= 0.3 is 25.7 Å². The lowest BCUT2D eigenvalue weighted by Gasteiger charge is -2.24. The number of phosphoric acid groups is 1. The summed E-state index contributed by atoms with van der Waals surface area (Å²) in [7, 11) is 2.79. The second kappa shape index (κ2) is 31.2. The zero-order chi connectivity index (χ0) is 36.6. The van der Waals surface area contributed by atoms with Gasteiger partial charge in [0.15, 0.2) is 6.10 Å². The van der Waals surface area contributed by atoms with Crippen LogP contribution >= 0.6 is 7.82 Å². The third-order valence-corrected chi connectivity index (χ3v) is 9.38. The molecule has 0 aliphatic rings. The van der Waals surface area contributed by atoms with Crippen molar-refractivity contribution >= 4 is 25.7 Å². The number of hydrogen-bond acceptors (Lipinski definition) is 9. The maximum Gasteiger partial charge on any atom is 0.472 e. The van der Waals surface area contributed by atoms with Gasteiger partial charge in [-0.15, -0.1) is 0 Å². The van der Waals surface area contributed by atoms with Crippen LogP contribution < -0.4 is 0 Å². The largest absolute Gasteiger partial charge is 0.472 e. The number of rotatable bonds is 35. The first kappa shape index (κ1) is 47.5. The molecule has 0 rings (SSSR count). The fourth-order valence-corrected chi connectivity index (χ4v) is 5.99. The summed E-state index contributed by atoms with van der Waals surface area (Å²) in [6, 6.07) is 0. The molecule has 0 fully saturated rings. The molecule has 0 amide bonds. The minimum Gasteiger partial charge on any atom is -0.469 e. The van der Waals surface area contributed by atoms with E-state index in [2.05, 4.69) is 11.7 Å². The maximum absolute atomic E-state index is 12.5. The predicted molar refractivity (Wildman–Crippen MR) is 194 cm³/mol. The Hall–Kier alpha value is -1.52. The van der Waals surface area contributed by atoms with Crippen molar-refractivity contribution in [3.05, 3.63) is 0 Å². The molecule has 0 saturated carbocycles. The summed E-state index contributed by atoms with van der Waals surface area (Å²) in [6.07, 6.45) is 23.5. The van der Waals surface area contributed by atoms with Crippen LogP contribution in [0, 0.1) is 0 Å². The van der Waals surface area contributed by atoms with Crippen molar-refractivity contribution in [1.82, 2.24) is 0 Å². The monoisotopic (exact) mass is 722 g/mol. The normalized spacial score (nSPS) is 13.5. The Morgan fingerprint density at radius 3 is 1.43 bits per heavy atom. The van der Waals surface area contributed by atoms with E-state index < -0.39 is 32.5 Å². The highest BCUT2D eigenvalue weighted by Crippen LogP contribution is 2.43. The number of phosphoric ester groups is 1. The van der Waals surface area contributed by atoms with Crippen molar-refractivity contribution in [2.75, 3.05) is 54.6 Å². The predicted octanol–water partition coefficient (Wildman–Crippen LogP) is 8.84. The van der Waals surface area contributed by atoms with Gasteiger partial charge in [0.05, 0.1) is 34.9 Å². The molecule has 0 saturated heterocycles.